The van der Waals surface area contributed by atoms with Crippen LogP contribution in [0.25, 0.3) is 0 Å². The van der Waals surface area contributed by atoms with E-state index in [2.05, 4.69) is 22.8 Å². The highest BCUT2D eigenvalue weighted by Gasteiger charge is 2.51. The van der Waals surface area contributed by atoms with Gasteiger partial charge in [0.15, 0.2) is 0 Å². The molecule has 7 nitrogen and oxygen atoms in total. The average molecular weight is 396 g/mol. The first-order valence-corrected chi connectivity index (χ1v) is 9.62. The molecule has 2 aliphatic rings. The lowest BCUT2D eigenvalue weighted by molar-refractivity contribution is -0.133. The molecule has 2 bridgehead atoms. The molecule has 0 saturated heterocycles. The molecule has 152 valence electrons. The molecule has 0 spiro atoms. The van der Waals surface area contributed by atoms with E-state index < -0.39 is 11.8 Å². The van der Waals surface area contributed by atoms with E-state index in [0.29, 0.717) is 29.5 Å². The van der Waals surface area contributed by atoms with Gasteiger partial charge in [-0.05, 0) is 42.5 Å². The Bertz CT molecular complexity index is 921. The Hall–Kier alpha value is -3.22. The third kappa shape index (κ3) is 3.72. The van der Waals surface area contributed by atoms with Crippen molar-refractivity contribution in [2.24, 2.45) is 23.7 Å². The summed E-state index contributed by atoms with van der Waals surface area (Å²) < 4.78 is 15.8. The van der Waals surface area contributed by atoms with Crippen molar-refractivity contribution in [3.8, 4) is 11.5 Å². The lowest BCUT2D eigenvalue weighted by atomic mass is 9.81. The van der Waals surface area contributed by atoms with Crippen LogP contribution in [0, 0.1) is 23.7 Å². The van der Waals surface area contributed by atoms with Crippen molar-refractivity contribution in [1.29, 1.82) is 0 Å². The summed E-state index contributed by atoms with van der Waals surface area (Å²) in [6.45, 7) is 0.310. The molecule has 2 aliphatic carbocycles. The molecule has 7 heteroatoms. The molecule has 1 heterocycles. The van der Waals surface area contributed by atoms with Crippen molar-refractivity contribution < 1.29 is 23.5 Å². The van der Waals surface area contributed by atoms with Gasteiger partial charge >= 0.3 is 0 Å². The number of nitrogens with one attached hydrogen (secondary N) is 2. The van der Waals surface area contributed by atoms with Gasteiger partial charge in [0.1, 0.15) is 17.3 Å². The van der Waals surface area contributed by atoms with Gasteiger partial charge in [-0.1, -0.05) is 12.2 Å². The summed E-state index contributed by atoms with van der Waals surface area (Å²) in [7, 11) is 3.11. The first-order chi connectivity index (χ1) is 14.1. The van der Waals surface area contributed by atoms with E-state index in [4.69, 9.17) is 13.9 Å². The molecule has 1 fully saturated rings. The van der Waals surface area contributed by atoms with Gasteiger partial charge in [-0.3, -0.25) is 9.59 Å². The van der Waals surface area contributed by atoms with Gasteiger partial charge in [-0.15, -0.1) is 0 Å². The summed E-state index contributed by atoms with van der Waals surface area (Å²) in [6.07, 6.45) is 6.49. The SMILES string of the molecule is COc1ccc(NC(=O)[C@@H]2[C@@H](C(=O)NCc3ccco3)[C@H]3C=C[C@H]2C3)c(OC)c1. The molecular weight excluding hydrogens is 372 g/mol. The lowest BCUT2D eigenvalue weighted by Crippen LogP contribution is -2.41. The number of carbonyl (C=O) groups is 2. The van der Waals surface area contributed by atoms with Crippen molar-refractivity contribution in [2.45, 2.75) is 13.0 Å². The first kappa shape index (κ1) is 19.1. The van der Waals surface area contributed by atoms with Crippen LogP contribution in [0.5, 0.6) is 11.5 Å². The van der Waals surface area contributed by atoms with Gasteiger partial charge < -0.3 is 24.5 Å². The number of hydrogen-bond acceptors (Lipinski definition) is 5. The van der Waals surface area contributed by atoms with E-state index in [1.165, 1.54) is 7.11 Å². The topological polar surface area (TPSA) is 89.8 Å². The smallest absolute Gasteiger partial charge is 0.229 e. The maximum atomic E-state index is 13.1. The molecule has 29 heavy (non-hydrogen) atoms. The van der Waals surface area contributed by atoms with Gasteiger partial charge in [0, 0.05) is 6.07 Å². The first-order valence-electron chi connectivity index (χ1n) is 9.62. The van der Waals surface area contributed by atoms with Crippen LogP contribution >= 0.6 is 0 Å². The number of furan rings is 1. The summed E-state index contributed by atoms with van der Waals surface area (Å²) in [5.41, 5.74) is 0.555. The summed E-state index contributed by atoms with van der Waals surface area (Å²) in [6, 6.07) is 8.79. The highest BCUT2D eigenvalue weighted by molar-refractivity contribution is 5.98. The van der Waals surface area contributed by atoms with E-state index in [-0.39, 0.29) is 23.7 Å². The standard InChI is InChI=1S/C22H24N2O5/c1-27-15-7-8-17(18(11-15)28-2)24-22(26)20-14-6-5-13(10-14)19(20)21(25)23-12-16-4-3-9-29-16/h3-9,11,13-14,19-20H,10,12H2,1-2H3,(H,23,25)(H,24,26)/t13-,14-,19-,20-/m0/s1. The monoisotopic (exact) mass is 396 g/mol. The summed E-state index contributed by atoms with van der Waals surface area (Å²) >= 11 is 0. The molecule has 2 amide bonds. The zero-order chi connectivity index (χ0) is 20.4. The zero-order valence-electron chi connectivity index (χ0n) is 16.4. The van der Waals surface area contributed by atoms with Crippen LogP contribution in [-0.4, -0.2) is 26.0 Å². The predicted octanol–water partition coefficient (Wildman–Crippen LogP) is 2.99. The molecule has 0 aliphatic heterocycles. The fourth-order valence-corrected chi connectivity index (χ4v) is 4.36. The Morgan fingerprint density at radius 1 is 1.07 bits per heavy atom. The lowest BCUT2D eigenvalue weighted by Gasteiger charge is -2.26. The fourth-order valence-electron chi connectivity index (χ4n) is 4.36. The van der Waals surface area contributed by atoms with Gasteiger partial charge in [-0.2, -0.15) is 0 Å². The van der Waals surface area contributed by atoms with Crippen LogP contribution in [0.4, 0.5) is 5.69 Å². The largest absolute Gasteiger partial charge is 0.497 e. The molecule has 0 unspecified atom stereocenters. The second-order valence-corrected chi connectivity index (χ2v) is 7.35. The number of allylic oxidation sites excluding steroid dienone is 2. The molecule has 2 aromatic rings. The number of carbonyl (C=O) groups excluding carboxylic acids is 2. The number of fused-ring (bicyclic) bond motifs is 2. The number of methoxy groups -OCH3 is 2. The second-order valence-electron chi connectivity index (χ2n) is 7.35. The summed E-state index contributed by atoms with van der Waals surface area (Å²) in [4.78, 5) is 26.0. The maximum Gasteiger partial charge on any atom is 0.229 e. The molecule has 1 saturated carbocycles. The van der Waals surface area contributed by atoms with Crippen molar-refractivity contribution in [3.05, 3.63) is 54.5 Å². The van der Waals surface area contributed by atoms with Gasteiger partial charge in [0.2, 0.25) is 11.8 Å². The van der Waals surface area contributed by atoms with E-state index in [9.17, 15) is 9.59 Å². The Labute approximate surface area is 169 Å². The Morgan fingerprint density at radius 3 is 2.48 bits per heavy atom. The third-order valence-corrected chi connectivity index (χ3v) is 5.75. The molecule has 4 rings (SSSR count). The fraction of sp³-hybridized carbons (Fsp3) is 0.364. The molecule has 4 atom stereocenters. The van der Waals surface area contributed by atoms with Crippen molar-refractivity contribution in [3.63, 3.8) is 0 Å². The average Bonchev–Trinajstić information content (AvgIpc) is 3.49. The van der Waals surface area contributed by atoms with Crippen molar-refractivity contribution >= 4 is 17.5 Å². The highest BCUT2D eigenvalue weighted by atomic mass is 16.5. The minimum atomic E-state index is -0.423. The summed E-state index contributed by atoms with van der Waals surface area (Å²) in [5, 5.41) is 5.85. The van der Waals surface area contributed by atoms with Crippen LogP contribution in [0.2, 0.25) is 0 Å². The van der Waals surface area contributed by atoms with Crippen LogP contribution in [0.1, 0.15) is 12.2 Å². The highest BCUT2D eigenvalue weighted by Crippen LogP contribution is 2.48. The number of ether oxygens (including phenoxy) is 2. The molecule has 0 radical (unpaired) electrons. The van der Waals surface area contributed by atoms with Crippen molar-refractivity contribution in [1.82, 2.24) is 5.32 Å². The number of anilines is 1. The van der Waals surface area contributed by atoms with Gasteiger partial charge in [-0.25, -0.2) is 0 Å². The van der Waals surface area contributed by atoms with Crippen LogP contribution in [0.3, 0.4) is 0 Å². The van der Waals surface area contributed by atoms with Crippen LogP contribution in [-0.2, 0) is 16.1 Å². The quantitative estimate of drug-likeness (QED) is 0.703. The summed E-state index contributed by atoms with van der Waals surface area (Å²) in [5.74, 6) is 0.837. The van der Waals surface area contributed by atoms with E-state index in [1.54, 1.807) is 43.7 Å². The Balaban J connectivity index is 1.49. The third-order valence-electron chi connectivity index (χ3n) is 5.75. The van der Waals surface area contributed by atoms with E-state index in [0.717, 1.165) is 6.42 Å². The molecule has 1 aromatic heterocycles. The Kier molecular flexibility index (Phi) is 5.29. The number of rotatable bonds is 7. The van der Waals surface area contributed by atoms with Gasteiger partial charge in [0.25, 0.3) is 0 Å². The molecule has 1 aromatic carbocycles. The zero-order valence-corrected chi connectivity index (χ0v) is 16.4. The Morgan fingerprint density at radius 2 is 1.83 bits per heavy atom. The predicted molar refractivity (Wildman–Crippen MR) is 106 cm³/mol. The minimum Gasteiger partial charge on any atom is -0.497 e. The normalized spacial score (nSPS) is 24.3. The minimum absolute atomic E-state index is 0.0589. The second kappa shape index (κ2) is 8.03. The number of benzene rings is 1. The molecular formula is C22H24N2O5. The van der Waals surface area contributed by atoms with Crippen molar-refractivity contribution in [2.75, 3.05) is 19.5 Å². The van der Waals surface area contributed by atoms with Crippen LogP contribution < -0.4 is 20.1 Å². The van der Waals surface area contributed by atoms with E-state index in [1.807, 2.05) is 0 Å². The van der Waals surface area contributed by atoms with E-state index >= 15 is 0 Å². The van der Waals surface area contributed by atoms with Crippen LogP contribution in [0.15, 0.2) is 53.2 Å². The number of hydrogen-bond donors (Lipinski definition) is 2. The maximum absolute atomic E-state index is 13.1. The van der Waals surface area contributed by atoms with Gasteiger partial charge in [0.05, 0.1) is 44.6 Å². The molecule has 2 N–H and O–H groups in total. The number of amides is 2.